The number of carbonyl (C=O) groups is 4. The second-order valence-electron chi connectivity index (χ2n) is 28.0. The van der Waals surface area contributed by atoms with Gasteiger partial charge in [0, 0.05) is 40.3 Å². The van der Waals surface area contributed by atoms with Crippen LogP contribution in [0, 0.1) is 0 Å². The third-order valence-corrected chi connectivity index (χ3v) is 21.6. The Balaban J connectivity index is 2.92. The Hall–Kier alpha value is -3.74. The van der Waals surface area contributed by atoms with Crippen LogP contribution < -0.4 is 10.6 Å². The first-order valence-electron chi connectivity index (χ1n) is 41.0. The van der Waals surface area contributed by atoms with Gasteiger partial charge in [-0.3, -0.25) is 41.5 Å². The first kappa shape index (κ1) is 99.3. The van der Waals surface area contributed by atoms with Gasteiger partial charge in [-0.1, -0.05) is 257 Å². The van der Waals surface area contributed by atoms with Crippen molar-refractivity contribution >= 4 is 39.4 Å². The number of allylic oxidation sites excluding steroid dienone is 2. The van der Waals surface area contributed by atoms with E-state index >= 15 is 0 Å². The molecule has 0 aromatic rings. The number of ether oxygens (including phenoxy) is 9. The Labute approximate surface area is 646 Å². The number of phosphoric acid groups is 2. The van der Waals surface area contributed by atoms with Gasteiger partial charge in [0.25, 0.3) is 0 Å². The average molecular weight is 1560 g/mol. The zero-order valence-electron chi connectivity index (χ0n) is 67.0. The fraction of sp³-hybridized carbons (Fsp3) is 0.805. The average Bonchev–Trinajstić information content (AvgIpc) is 0.778. The van der Waals surface area contributed by atoms with Crippen molar-refractivity contribution in [2.45, 2.75) is 352 Å². The maximum absolute atomic E-state index is 14.9. The predicted molar refractivity (Wildman–Crippen MR) is 423 cm³/mol. The minimum atomic E-state index is -4.73. The molecule has 2 aliphatic heterocycles. The van der Waals surface area contributed by atoms with E-state index in [0.29, 0.717) is 25.7 Å². The molecule has 2 saturated heterocycles. The number of phosphoric ester groups is 2. The molecular weight excluding hydrogens is 1410 g/mol. The van der Waals surface area contributed by atoms with Crippen LogP contribution in [0.25, 0.3) is 0 Å². The highest BCUT2D eigenvalue weighted by Gasteiger charge is 2.56. The molecule has 6 unspecified atom stereocenters. The number of methoxy groups -OCH3 is 2. The minimum Gasteiger partial charge on any atom is -0.430 e. The maximum atomic E-state index is 14.9. The van der Waals surface area contributed by atoms with Crippen molar-refractivity contribution in [3.05, 3.63) is 75.4 Å². The topological polar surface area (TPSA) is 265 Å². The van der Waals surface area contributed by atoms with E-state index in [1.165, 1.54) is 88.9 Å². The summed E-state index contributed by atoms with van der Waals surface area (Å²) >= 11 is 0. The van der Waals surface area contributed by atoms with Crippen LogP contribution in [0.2, 0.25) is 0 Å². The fourth-order valence-electron chi connectivity index (χ4n) is 12.9. The molecular formula is C82H146N2O21P2. The Kier molecular flexibility index (Phi) is 61.1. The van der Waals surface area contributed by atoms with Crippen molar-refractivity contribution < 1.29 is 98.1 Å². The summed E-state index contributed by atoms with van der Waals surface area (Å²) in [6.07, 6.45) is 35.4. The third kappa shape index (κ3) is 46.8. The molecule has 0 aliphatic carbocycles. The minimum absolute atomic E-state index is 0.0443. The molecule has 0 aromatic carbocycles. The standard InChI is InChI=1S/C82H146N2O21P2/c1-12-21-25-29-32-35-36-37-38-39-40-42-44-48-52-56-72(86)83-74-79(94-64-57-69(92-11)55-51-46-28-24-15-4)77(104-106(89,97-59-17-6)98-60-18-7)70(66-91-10)101-80(74)96-67-71-76(103-82(88)95-58-16-5)78(93-63-53-49-45-34-31-27-23-14-3)75(81(102-71)105-107(90,99-61-19-8)100-62-20-9)84-73(87)65-68(85)54-50-47-43-41-33-30-26-22-13-2/h16-20,35-36,69-71,74-81H,5-9,12-15,21-34,37-67H2,1-4,10-11H3,(H,83,86)(H,84,87)/b36-35-/t69?,70?,71?,74-,75-,76-,77-,78?,79?,80?,81-/m1/s1. The Morgan fingerprint density at radius 3 is 1.36 bits per heavy atom. The zero-order chi connectivity index (χ0) is 78.3. The molecule has 0 bridgehead atoms. The van der Waals surface area contributed by atoms with Crippen LogP contribution in [0.1, 0.15) is 285 Å². The fourth-order valence-corrected chi connectivity index (χ4v) is 15.4. The molecule has 2 N–H and O–H groups in total. The van der Waals surface area contributed by atoms with E-state index < -0.39 is 102 Å². The SMILES string of the molecule is C=CCOC(=O)O[C@@H]1C(COC2OC(COC)[C@@H](OP(=O)(OCC=C)OCC=C)C(OCCC(CCCCCCC)OC)[C@H]2NC(=O)CCCCCCCCC/C=C\CCCCCC)O[C@H](OP(=O)(OCC=C)OCC=C)[C@H](NC(=O)CC(=O)CCCCCCCCCCC)C1OCCCCCCCCCC. The van der Waals surface area contributed by atoms with Gasteiger partial charge in [0.15, 0.2) is 18.7 Å². The third-order valence-electron chi connectivity index (χ3n) is 18.7. The van der Waals surface area contributed by atoms with Crippen LogP contribution in [0.4, 0.5) is 4.79 Å². The molecule has 0 aromatic heterocycles. The number of amides is 2. The van der Waals surface area contributed by atoms with Crippen molar-refractivity contribution in [1.29, 1.82) is 0 Å². The van der Waals surface area contributed by atoms with Gasteiger partial charge in [-0.2, -0.15) is 0 Å². The number of ketones is 1. The molecule has 2 heterocycles. The van der Waals surface area contributed by atoms with Gasteiger partial charge in [-0.25, -0.2) is 13.9 Å². The summed E-state index contributed by atoms with van der Waals surface area (Å²) in [5.74, 6) is -1.44. The van der Waals surface area contributed by atoms with Gasteiger partial charge in [0.2, 0.25) is 11.8 Å². The zero-order valence-corrected chi connectivity index (χ0v) is 68.8. The summed E-state index contributed by atoms with van der Waals surface area (Å²) < 4.78 is 124. The van der Waals surface area contributed by atoms with Crippen LogP contribution in [-0.2, 0) is 93.3 Å². The Bertz CT molecular complexity index is 2430. The van der Waals surface area contributed by atoms with Crippen molar-refractivity contribution in [1.82, 2.24) is 10.6 Å². The summed E-state index contributed by atoms with van der Waals surface area (Å²) in [5, 5.41) is 6.07. The largest absolute Gasteiger partial charge is 0.509 e. The van der Waals surface area contributed by atoms with E-state index in [0.717, 1.165) is 161 Å². The smallest absolute Gasteiger partial charge is 0.430 e. The van der Waals surface area contributed by atoms with Gasteiger partial charge in [0.1, 0.15) is 55.0 Å². The Morgan fingerprint density at radius 1 is 0.430 bits per heavy atom. The highest BCUT2D eigenvalue weighted by atomic mass is 31.2. The van der Waals surface area contributed by atoms with Crippen molar-refractivity contribution in [2.24, 2.45) is 0 Å². The lowest BCUT2D eigenvalue weighted by molar-refractivity contribution is -0.301. The second kappa shape index (κ2) is 65.8. The van der Waals surface area contributed by atoms with E-state index in [9.17, 15) is 28.3 Å². The normalized spacial score (nSPS) is 20.7. The summed E-state index contributed by atoms with van der Waals surface area (Å²) in [7, 11) is -6.19. The van der Waals surface area contributed by atoms with Crippen molar-refractivity contribution in [2.75, 3.05) is 73.7 Å². The lowest BCUT2D eigenvalue weighted by atomic mass is 9.95. The van der Waals surface area contributed by atoms with Gasteiger partial charge >= 0.3 is 21.8 Å². The van der Waals surface area contributed by atoms with E-state index in [4.69, 9.17) is 69.8 Å². The molecule has 0 spiro atoms. The summed E-state index contributed by atoms with van der Waals surface area (Å²) in [4.78, 5) is 57.0. The highest BCUT2D eigenvalue weighted by molar-refractivity contribution is 7.48. The molecule has 2 amide bonds. The number of Topliss-reactive ketones (excluding diaryl/α,β-unsaturated/α-hetero) is 1. The maximum Gasteiger partial charge on any atom is 0.509 e. The van der Waals surface area contributed by atoms with Crippen LogP contribution in [0.3, 0.4) is 0 Å². The molecule has 23 nitrogen and oxygen atoms in total. The number of unbranched alkanes of at least 4 members (excludes halogenated alkanes) is 30. The summed E-state index contributed by atoms with van der Waals surface area (Å²) in [5.41, 5.74) is 0. The van der Waals surface area contributed by atoms with E-state index in [2.05, 4.69) is 83.4 Å². The summed E-state index contributed by atoms with van der Waals surface area (Å²) in [6, 6.07) is -2.81. The molecule has 25 heteroatoms. The Morgan fingerprint density at radius 2 is 0.850 bits per heavy atom. The van der Waals surface area contributed by atoms with E-state index in [1.807, 2.05) is 0 Å². The van der Waals surface area contributed by atoms with Gasteiger partial charge < -0.3 is 53.3 Å². The first-order valence-corrected chi connectivity index (χ1v) is 44.0. The lowest BCUT2D eigenvalue weighted by Crippen LogP contribution is -2.68. The van der Waals surface area contributed by atoms with Crippen LogP contribution in [0.15, 0.2) is 75.4 Å². The number of hydrogen-bond acceptors (Lipinski definition) is 21. The van der Waals surface area contributed by atoms with Crippen LogP contribution in [0.5, 0.6) is 0 Å². The molecule has 107 heavy (non-hydrogen) atoms. The molecule has 2 fully saturated rings. The molecule has 620 valence electrons. The number of rotatable bonds is 74. The van der Waals surface area contributed by atoms with E-state index in [1.54, 1.807) is 7.11 Å². The summed E-state index contributed by atoms with van der Waals surface area (Å²) in [6.45, 7) is 25.3. The molecule has 11 atom stereocenters. The lowest BCUT2D eigenvalue weighted by Gasteiger charge is -2.48. The highest BCUT2D eigenvalue weighted by Crippen LogP contribution is 2.54. The number of nitrogens with one attached hydrogen (secondary N) is 2. The van der Waals surface area contributed by atoms with Crippen LogP contribution >= 0.6 is 15.6 Å². The van der Waals surface area contributed by atoms with E-state index in [-0.39, 0.29) is 83.5 Å². The van der Waals surface area contributed by atoms with Crippen LogP contribution in [-0.4, -0.2) is 165 Å². The van der Waals surface area contributed by atoms with Gasteiger partial charge in [-0.05, 0) is 57.8 Å². The molecule has 2 aliphatic rings. The second-order valence-corrected chi connectivity index (χ2v) is 31.3. The van der Waals surface area contributed by atoms with Crippen molar-refractivity contribution in [3.63, 3.8) is 0 Å². The quantitative estimate of drug-likeness (QED) is 0.0188. The number of carbonyl (C=O) groups excluding carboxylic acids is 4. The first-order chi connectivity index (χ1) is 52.1. The molecule has 2 rings (SSSR count). The van der Waals surface area contributed by atoms with Crippen molar-refractivity contribution in [3.8, 4) is 0 Å². The van der Waals surface area contributed by atoms with Gasteiger partial charge in [-0.15, -0.1) is 26.3 Å². The monoisotopic (exact) mass is 1560 g/mol. The van der Waals surface area contributed by atoms with Gasteiger partial charge in [0.05, 0.1) is 52.2 Å². The molecule has 0 saturated carbocycles. The number of hydrogen-bond donors (Lipinski definition) is 2. The predicted octanol–water partition coefficient (Wildman–Crippen LogP) is 19.8. The molecule has 0 radical (unpaired) electrons.